The maximum absolute atomic E-state index is 14.1. The molecule has 5 aromatic rings. The maximum atomic E-state index is 14.1. The molecule has 2 atom stereocenters. The fourth-order valence-corrected chi connectivity index (χ4v) is 9.15. The first-order chi connectivity index (χ1) is 33.2. The lowest BCUT2D eigenvalue weighted by Crippen LogP contribution is -2.54. The molecule has 0 radical (unpaired) electrons. The van der Waals surface area contributed by atoms with Crippen LogP contribution in [0.1, 0.15) is 58.0 Å². The number of hydrogen-bond donors (Lipinski definition) is 3. The Labute approximate surface area is 391 Å². The molecule has 2 aromatic carbocycles. The van der Waals surface area contributed by atoms with E-state index in [2.05, 4.69) is 35.6 Å². The van der Waals surface area contributed by atoms with E-state index >= 15 is 0 Å². The van der Waals surface area contributed by atoms with Gasteiger partial charge in [0.2, 0.25) is 17.7 Å². The first-order valence-corrected chi connectivity index (χ1v) is 23.1. The number of rotatable bonds is 20. The van der Waals surface area contributed by atoms with Crippen LogP contribution in [0.4, 0.5) is 21.7 Å². The lowest BCUT2D eigenvalue weighted by molar-refractivity contribution is -0.136. The number of imide groups is 2. The number of aromatic nitrogens is 4. The summed E-state index contributed by atoms with van der Waals surface area (Å²) in [4.78, 5) is 80.1. The van der Waals surface area contributed by atoms with Crippen LogP contribution in [0.5, 0.6) is 0 Å². The van der Waals surface area contributed by atoms with E-state index < -0.39 is 29.7 Å². The van der Waals surface area contributed by atoms with Crippen LogP contribution in [-0.4, -0.2) is 157 Å². The van der Waals surface area contributed by atoms with E-state index in [1.807, 2.05) is 40.9 Å². The molecular weight excluding hydrogens is 878 g/mol. The summed E-state index contributed by atoms with van der Waals surface area (Å²) in [5.41, 5.74) is 4.07. The van der Waals surface area contributed by atoms with Crippen molar-refractivity contribution in [1.82, 2.24) is 40.0 Å². The predicted molar refractivity (Wildman–Crippen MR) is 248 cm³/mol. The van der Waals surface area contributed by atoms with Gasteiger partial charge in [0.25, 0.3) is 11.8 Å². The third-order valence-electron chi connectivity index (χ3n) is 12.5. The zero-order valence-corrected chi connectivity index (χ0v) is 37.6. The first kappa shape index (κ1) is 46.2. The zero-order valence-electron chi connectivity index (χ0n) is 37.6. The van der Waals surface area contributed by atoms with Crippen LogP contribution in [0.2, 0.25) is 0 Å². The summed E-state index contributed by atoms with van der Waals surface area (Å²) in [6, 6.07) is 20.6. The number of carbonyl (C=O) groups is 5. The summed E-state index contributed by atoms with van der Waals surface area (Å²) in [5.74, 6) is -0.854. The number of piperazine rings is 1. The van der Waals surface area contributed by atoms with E-state index in [-0.39, 0.29) is 41.7 Å². The number of carbonyl (C=O) groups excluding carboxylic acids is 5. The number of fused-ring (bicyclic) bond motifs is 2. The van der Waals surface area contributed by atoms with Gasteiger partial charge in [-0.15, -0.1) is 5.10 Å². The SMILES string of the molecule is O=C(CN1CCN(c2cccc(-c3cnc4ccc(N5CCCC5c5cccc(F)c5)nn34)n2)CC1)NCCOCCOCCOCCNc1cccc2c1C(=O)N(C1CCC(=O)NC1=O)C2=O. The number of piperidine rings is 1. The Kier molecular flexibility index (Phi) is 14.6. The molecule has 68 heavy (non-hydrogen) atoms. The molecular formula is C48H54FN11O8. The molecule has 3 fully saturated rings. The van der Waals surface area contributed by atoms with E-state index in [4.69, 9.17) is 24.3 Å². The largest absolute Gasteiger partial charge is 0.382 e. The summed E-state index contributed by atoms with van der Waals surface area (Å²) < 4.78 is 32.8. The quantitative estimate of drug-likeness (QED) is 0.0758. The molecule has 7 heterocycles. The highest BCUT2D eigenvalue weighted by molar-refractivity contribution is 6.25. The van der Waals surface area contributed by atoms with Crippen LogP contribution >= 0.6 is 0 Å². The number of ether oxygens (including phenoxy) is 3. The highest BCUT2D eigenvalue weighted by Crippen LogP contribution is 2.36. The molecule has 4 aliphatic heterocycles. The first-order valence-electron chi connectivity index (χ1n) is 23.1. The number of amides is 5. The Morgan fingerprint density at radius 2 is 1.54 bits per heavy atom. The summed E-state index contributed by atoms with van der Waals surface area (Å²) in [5, 5.41) is 13.3. The van der Waals surface area contributed by atoms with Crippen LogP contribution < -0.4 is 25.8 Å². The molecule has 3 N–H and O–H groups in total. The lowest BCUT2D eigenvalue weighted by atomic mass is 10.0. The third kappa shape index (κ3) is 10.5. The Morgan fingerprint density at radius 1 is 0.779 bits per heavy atom. The Hall–Kier alpha value is -6.87. The molecule has 0 bridgehead atoms. The highest BCUT2D eigenvalue weighted by atomic mass is 19.1. The van der Waals surface area contributed by atoms with Gasteiger partial charge >= 0.3 is 0 Å². The number of anilines is 3. The summed E-state index contributed by atoms with van der Waals surface area (Å²) in [6.45, 7) is 6.81. The minimum atomic E-state index is -1.03. The number of nitrogens with zero attached hydrogens (tertiary/aromatic N) is 8. The van der Waals surface area contributed by atoms with Crippen molar-refractivity contribution >= 4 is 52.5 Å². The van der Waals surface area contributed by atoms with Crippen molar-refractivity contribution in [1.29, 1.82) is 0 Å². The normalized spacial score (nSPS) is 18.7. The second-order valence-corrected chi connectivity index (χ2v) is 16.9. The molecule has 3 aromatic heterocycles. The second kappa shape index (κ2) is 21.4. The zero-order chi connectivity index (χ0) is 47.0. The van der Waals surface area contributed by atoms with Gasteiger partial charge in [-0.25, -0.2) is 18.9 Å². The van der Waals surface area contributed by atoms with Crippen molar-refractivity contribution < 1.29 is 42.6 Å². The standard InChI is InChI=1S/C48H54FN11O8/c49-33-6-1-5-32(29-33)37-10-4-18-58(37)42-14-13-40-52-30-39(60(40)55-42)35-8-3-11-41(53-35)57-21-19-56(20-22-57)31-44(62)51-17-24-67-26-28-68-27-25-66-23-16-50-36-9-2-7-34-45(36)48(65)59(47(34)64)38-12-15-43(61)54-46(38)63/h1-3,5-9,11,13-14,29-30,37-38,50H,4,10,12,15-28,31H2,(H,51,62)(H,54,61,63). The number of nitrogens with one attached hydrogen (secondary N) is 3. The van der Waals surface area contributed by atoms with E-state index in [0.29, 0.717) is 83.7 Å². The number of halogens is 1. The molecule has 3 saturated heterocycles. The number of hydrogen-bond acceptors (Lipinski definition) is 15. The van der Waals surface area contributed by atoms with Gasteiger partial charge in [-0.2, -0.15) is 0 Å². The molecule has 0 spiro atoms. The summed E-state index contributed by atoms with van der Waals surface area (Å²) in [7, 11) is 0. The van der Waals surface area contributed by atoms with Crippen molar-refractivity contribution in [3.8, 4) is 11.4 Å². The Morgan fingerprint density at radius 3 is 2.34 bits per heavy atom. The average Bonchev–Trinajstić information content (AvgIpc) is 4.07. The molecule has 4 aliphatic rings. The van der Waals surface area contributed by atoms with Gasteiger partial charge in [-0.3, -0.25) is 39.1 Å². The number of pyridine rings is 1. The van der Waals surface area contributed by atoms with E-state index in [1.165, 1.54) is 6.07 Å². The molecule has 356 valence electrons. The van der Waals surface area contributed by atoms with Crippen molar-refractivity contribution in [3.05, 3.63) is 102 Å². The van der Waals surface area contributed by atoms with Crippen LogP contribution in [0.25, 0.3) is 17.0 Å². The van der Waals surface area contributed by atoms with Gasteiger partial charge < -0.3 is 34.6 Å². The van der Waals surface area contributed by atoms with Crippen LogP contribution in [0, 0.1) is 5.82 Å². The molecule has 0 aliphatic carbocycles. The fourth-order valence-electron chi connectivity index (χ4n) is 9.15. The van der Waals surface area contributed by atoms with Crippen LogP contribution in [0.3, 0.4) is 0 Å². The smallest absolute Gasteiger partial charge is 0.264 e. The van der Waals surface area contributed by atoms with Crippen molar-refractivity contribution in [2.45, 2.75) is 37.8 Å². The van der Waals surface area contributed by atoms with Crippen LogP contribution in [0.15, 0.2) is 79.0 Å². The Bertz CT molecular complexity index is 2660. The highest BCUT2D eigenvalue weighted by Gasteiger charge is 2.45. The maximum Gasteiger partial charge on any atom is 0.264 e. The topological polar surface area (TPSA) is 205 Å². The Balaban J connectivity index is 0.630. The van der Waals surface area contributed by atoms with Gasteiger partial charge in [-0.1, -0.05) is 24.3 Å². The van der Waals surface area contributed by atoms with Crippen LogP contribution in [-0.2, 0) is 28.6 Å². The minimum Gasteiger partial charge on any atom is -0.382 e. The van der Waals surface area contributed by atoms with Crippen molar-refractivity contribution in [3.63, 3.8) is 0 Å². The number of imidazole rings is 1. The molecule has 5 amide bonds. The summed E-state index contributed by atoms with van der Waals surface area (Å²) in [6.07, 6.45) is 3.86. The van der Waals surface area contributed by atoms with Crippen molar-refractivity contribution in [2.24, 2.45) is 0 Å². The van der Waals surface area contributed by atoms with Crippen molar-refractivity contribution in [2.75, 3.05) is 107 Å². The predicted octanol–water partition coefficient (Wildman–Crippen LogP) is 3.07. The van der Waals surface area contributed by atoms with Gasteiger partial charge in [0.1, 0.15) is 29.2 Å². The van der Waals surface area contributed by atoms with Gasteiger partial charge in [0, 0.05) is 57.9 Å². The number of benzene rings is 2. The third-order valence-corrected chi connectivity index (χ3v) is 12.5. The molecule has 0 saturated carbocycles. The lowest BCUT2D eigenvalue weighted by Gasteiger charge is -2.35. The average molecular weight is 932 g/mol. The van der Waals surface area contributed by atoms with Gasteiger partial charge in [0.15, 0.2) is 5.65 Å². The van der Waals surface area contributed by atoms with E-state index in [9.17, 15) is 28.4 Å². The fraction of sp³-hybridized carbons (Fsp3) is 0.417. The monoisotopic (exact) mass is 931 g/mol. The molecule has 9 rings (SSSR count). The van der Waals surface area contributed by atoms with E-state index in [1.54, 1.807) is 36.5 Å². The van der Waals surface area contributed by atoms with Gasteiger partial charge in [-0.05, 0) is 73.4 Å². The molecule has 19 nitrogen and oxygen atoms in total. The second-order valence-electron chi connectivity index (χ2n) is 16.9. The minimum absolute atomic E-state index is 0.0471. The summed E-state index contributed by atoms with van der Waals surface area (Å²) >= 11 is 0. The van der Waals surface area contributed by atoms with Gasteiger partial charge in [0.05, 0.1) is 75.2 Å². The van der Waals surface area contributed by atoms with E-state index in [0.717, 1.165) is 66.0 Å². The molecule has 20 heteroatoms. The molecule has 2 unspecified atom stereocenters.